The minimum absolute atomic E-state index is 1.03. The lowest BCUT2D eigenvalue weighted by atomic mass is 10.1. The van der Waals surface area contributed by atoms with Gasteiger partial charge in [0.15, 0.2) is 0 Å². The van der Waals surface area contributed by atoms with E-state index >= 15 is 0 Å². The molecule has 1 rings (SSSR count). The normalized spacial score (nSPS) is 11.1. The van der Waals surface area contributed by atoms with E-state index in [9.17, 15) is 0 Å². The fourth-order valence-electron chi connectivity index (χ4n) is 3.12. The zero-order valence-electron chi connectivity index (χ0n) is 15.5. The van der Waals surface area contributed by atoms with Gasteiger partial charge in [0.1, 0.15) is 0 Å². The van der Waals surface area contributed by atoms with Gasteiger partial charge in [-0.05, 0) is 31.1 Å². The van der Waals surface area contributed by atoms with Crippen LogP contribution in [0, 0.1) is 0 Å². The molecule has 0 heterocycles. The van der Waals surface area contributed by atoms with Crippen LogP contribution in [-0.2, 0) is 6.54 Å². The summed E-state index contributed by atoms with van der Waals surface area (Å²) in [5.74, 6) is 0. The van der Waals surface area contributed by atoms with E-state index in [0.717, 1.165) is 6.54 Å². The second-order valence-electron chi connectivity index (χ2n) is 6.82. The maximum Gasteiger partial charge on any atom is 0.0236 e. The van der Waals surface area contributed by atoms with Crippen molar-refractivity contribution in [2.75, 3.05) is 13.6 Å². The van der Waals surface area contributed by atoms with Crippen LogP contribution in [0.5, 0.6) is 0 Å². The van der Waals surface area contributed by atoms with Crippen molar-refractivity contribution in [3.05, 3.63) is 42.0 Å². The van der Waals surface area contributed by atoms with Gasteiger partial charge in [-0.25, -0.2) is 0 Å². The summed E-state index contributed by atoms with van der Waals surface area (Å²) in [4.78, 5) is 2.44. The largest absolute Gasteiger partial charge is 0.302 e. The Balaban J connectivity index is 2.02. The standard InChI is InChI=1S/C22H37N/c1-4-6-7-8-9-10-11-12-13-16-19-23(3)20-22-18-15-14-17-21(22)5-2/h5,14-15,17-18H,2,4,6-13,16,19-20H2,1,3H3. The highest BCUT2D eigenvalue weighted by atomic mass is 15.1. The van der Waals surface area contributed by atoms with Gasteiger partial charge in [-0.1, -0.05) is 102 Å². The van der Waals surface area contributed by atoms with Crippen LogP contribution in [0.3, 0.4) is 0 Å². The molecule has 0 radical (unpaired) electrons. The zero-order chi connectivity index (χ0) is 16.8. The third-order valence-electron chi connectivity index (χ3n) is 4.61. The average Bonchev–Trinajstić information content (AvgIpc) is 2.57. The minimum Gasteiger partial charge on any atom is -0.302 e. The molecule has 0 aliphatic carbocycles. The Hall–Kier alpha value is -1.08. The highest BCUT2D eigenvalue weighted by Crippen LogP contribution is 2.14. The van der Waals surface area contributed by atoms with E-state index < -0.39 is 0 Å². The molecule has 130 valence electrons. The van der Waals surface area contributed by atoms with Gasteiger partial charge in [0.2, 0.25) is 0 Å². The Morgan fingerprint density at radius 1 is 0.870 bits per heavy atom. The van der Waals surface area contributed by atoms with E-state index in [0.29, 0.717) is 0 Å². The van der Waals surface area contributed by atoms with E-state index in [4.69, 9.17) is 0 Å². The predicted octanol–water partition coefficient (Wildman–Crippen LogP) is 6.68. The highest BCUT2D eigenvalue weighted by molar-refractivity contribution is 5.51. The maximum absolute atomic E-state index is 3.91. The van der Waals surface area contributed by atoms with Crippen LogP contribution in [0.1, 0.15) is 82.3 Å². The lowest BCUT2D eigenvalue weighted by molar-refractivity contribution is 0.316. The van der Waals surface area contributed by atoms with Gasteiger partial charge >= 0.3 is 0 Å². The fraction of sp³-hybridized carbons (Fsp3) is 0.636. The summed E-state index contributed by atoms with van der Waals surface area (Å²) in [5.41, 5.74) is 2.65. The minimum atomic E-state index is 1.03. The number of rotatable bonds is 14. The van der Waals surface area contributed by atoms with Gasteiger partial charge in [-0.15, -0.1) is 0 Å². The molecule has 0 N–H and O–H groups in total. The molecule has 1 nitrogen and oxygen atoms in total. The molecule has 0 aromatic heterocycles. The molecule has 0 atom stereocenters. The molecule has 1 aromatic rings. The Morgan fingerprint density at radius 3 is 2.04 bits per heavy atom. The highest BCUT2D eigenvalue weighted by Gasteiger charge is 2.03. The molecule has 0 fully saturated rings. The number of unbranched alkanes of at least 4 members (excludes halogenated alkanes) is 9. The first kappa shape index (κ1) is 20.0. The molecule has 23 heavy (non-hydrogen) atoms. The SMILES string of the molecule is C=Cc1ccccc1CN(C)CCCCCCCCCCCC. The third kappa shape index (κ3) is 9.61. The van der Waals surface area contributed by atoms with E-state index in [2.05, 4.69) is 49.7 Å². The van der Waals surface area contributed by atoms with Crippen LogP contribution >= 0.6 is 0 Å². The first-order valence-electron chi connectivity index (χ1n) is 9.66. The molecule has 0 saturated carbocycles. The molecular formula is C22H37N. The lowest BCUT2D eigenvalue weighted by Crippen LogP contribution is -2.19. The summed E-state index contributed by atoms with van der Waals surface area (Å²) in [6.45, 7) is 8.42. The third-order valence-corrected chi connectivity index (χ3v) is 4.61. The molecule has 0 amide bonds. The molecule has 1 heteroatoms. The summed E-state index contributed by atoms with van der Waals surface area (Å²) in [7, 11) is 2.23. The van der Waals surface area contributed by atoms with Crippen molar-refractivity contribution in [3.63, 3.8) is 0 Å². The topological polar surface area (TPSA) is 3.24 Å². The van der Waals surface area contributed by atoms with Crippen molar-refractivity contribution in [3.8, 4) is 0 Å². The number of hydrogen-bond donors (Lipinski definition) is 0. The molecule has 0 spiro atoms. The van der Waals surface area contributed by atoms with Crippen molar-refractivity contribution >= 4 is 6.08 Å². The van der Waals surface area contributed by atoms with Gasteiger partial charge in [-0.3, -0.25) is 0 Å². The zero-order valence-corrected chi connectivity index (χ0v) is 15.5. The molecule has 0 aliphatic heterocycles. The summed E-state index contributed by atoms with van der Waals surface area (Å²) in [5, 5.41) is 0. The summed E-state index contributed by atoms with van der Waals surface area (Å²) < 4.78 is 0. The van der Waals surface area contributed by atoms with Crippen LogP contribution in [0.4, 0.5) is 0 Å². The van der Waals surface area contributed by atoms with Crippen molar-refractivity contribution in [2.24, 2.45) is 0 Å². The van der Waals surface area contributed by atoms with Crippen molar-refractivity contribution in [2.45, 2.75) is 77.7 Å². The number of nitrogens with zero attached hydrogens (tertiary/aromatic N) is 1. The van der Waals surface area contributed by atoms with Crippen molar-refractivity contribution in [1.29, 1.82) is 0 Å². The first-order valence-corrected chi connectivity index (χ1v) is 9.66. The van der Waals surface area contributed by atoms with E-state index in [1.54, 1.807) is 0 Å². The summed E-state index contributed by atoms with van der Waals surface area (Å²) in [6.07, 6.45) is 16.0. The van der Waals surface area contributed by atoms with E-state index in [1.807, 2.05) is 6.08 Å². The van der Waals surface area contributed by atoms with Crippen LogP contribution in [0.2, 0.25) is 0 Å². The van der Waals surface area contributed by atoms with Gasteiger partial charge in [-0.2, -0.15) is 0 Å². The van der Waals surface area contributed by atoms with Gasteiger partial charge in [0, 0.05) is 6.54 Å². The van der Waals surface area contributed by atoms with E-state index in [-0.39, 0.29) is 0 Å². The van der Waals surface area contributed by atoms with Crippen molar-refractivity contribution in [1.82, 2.24) is 4.90 Å². The van der Waals surface area contributed by atoms with Gasteiger partial charge in [0.05, 0.1) is 0 Å². The lowest BCUT2D eigenvalue weighted by Gasteiger charge is -2.18. The quantitative estimate of drug-likeness (QED) is 0.346. The van der Waals surface area contributed by atoms with E-state index in [1.165, 1.54) is 81.9 Å². The molecule has 0 bridgehead atoms. The fourth-order valence-corrected chi connectivity index (χ4v) is 3.12. The molecule has 1 aromatic carbocycles. The molecular weight excluding hydrogens is 278 g/mol. The second-order valence-corrected chi connectivity index (χ2v) is 6.82. The molecule has 0 saturated heterocycles. The summed E-state index contributed by atoms with van der Waals surface area (Å²) >= 11 is 0. The average molecular weight is 316 g/mol. The number of hydrogen-bond acceptors (Lipinski definition) is 1. The second kappa shape index (κ2) is 13.4. The Labute approximate surface area is 144 Å². The van der Waals surface area contributed by atoms with Gasteiger partial charge in [0.25, 0.3) is 0 Å². The van der Waals surface area contributed by atoms with Crippen LogP contribution < -0.4 is 0 Å². The first-order chi connectivity index (χ1) is 11.3. The monoisotopic (exact) mass is 315 g/mol. The Morgan fingerprint density at radius 2 is 1.43 bits per heavy atom. The Bertz CT molecular complexity index is 410. The Kier molecular flexibility index (Phi) is 11.6. The van der Waals surface area contributed by atoms with Crippen LogP contribution in [0.25, 0.3) is 6.08 Å². The molecule has 0 aliphatic rings. The van der Waals surface area contributed by atoms with Crippen LogP contribution in [0.15, 0.2) is 30.8 Å². The predicted molar refractivity (Wildman–Crippen MR) is 105 cm³/mol. The summed E-state index contributed by atoms with van der Waals surface area (Å²) in [6, 6.07) is 8.57. The molecule has 0 unspecified atom stereocenters. The van der Waals surface area contributed by atoms with Gasteiger partial charge < -0.3 is 4.90 Å². The van der Waals surface area contributed by atoms with Crippen molar-refractivity contribution < 1.29 is 0 Å². The number of benzene rings is 1. The van der Waals surface area contributed by atoms with Crippen LogP contribution in [-0.4, -0.2) is 18.5 Å². The smallest absolute Gasteiger partial charge is 0.0236 e. The maximum atomic E-state index is 3.91.